The van der Waals surface area contributed by atoms with E-state index < -0.39 is 0 Å². The van der Waals surface area contributed by atoms with Gasteiger partial charge in [0.2, 0.25) is 17.7 Å². The Morgan fingerprint density at radius 1 is 1.00 bits per heavy atom. The van der Waals surface area contributed by atoms with Crippen LogP contribution in [-0.4, -0.2) is 27.0 Å². The third-order valence-corrected chi connectivity index (χ3v) is 4.18. The third-order valence-electron chi connectivity index (χ3n) is 4.18. The van der Waals surface area contributed by atoms with Gasteiger partial charge in [0, 0.05) is 31.0 Å². The SMILES string of the molecule is CC(C)N(Cc1ccccc1)C(=O)CCc1nnc(-c2ccccc2)o1. The molecule has 0 radical (unpaired) electrons. The average molecular weight is 349 g/mol. The first-order valence-electron chi connectivity index (χ1n) is 8.84. The Morgan fingerprint density at radius 2 is 1.65 bits per heavy atom. The second kappa shape index (κ2) is 8.43. The Balaban J connectivity index is 1.61. The molecule has 0 aliphatic carbocycles. The summed E-state index contributed by atoms with van der Waals surface area (Å²) in [6, 6.07) is 19.8. The molecule has 1 aromatic heterocycles. The van der Waals surface area contributed by atoms with Crippen molar-refractivity contribution in [2.24, 2.45) is 0 Å². The molecule has 0 fully saturated rings. The van der Waals surface area contributed by atoms with Crippen molar-refractivity contribution in [2.45, 2.75) is 39.3 Å². The number of hydrogen-bond donors (Lipinski definition) is 0. The maximum Gasteiger partial charge on any atom is 0.247 e. The molecule has 0 bridgehead atoms. The highest BCUT2D eigenvalue weighted by molar-refractivity contribution is 5.76. The molecule has 134 valence electrons. The lowest BCUT2D eigenvalue weighted by atomic mass is 10.1. The molecule has 0 saturated heterocycles. The van der Waals surface area contributed by atoms with Crippen molar-refractivity contribution < 1.29 is 9.21 Å². The standard InChI is InChI=1S/C21H23N3O2/c1-16(2)24(15-17-9-5-3-6-10-17)20(25)14-13-19-22-23-21(26-19)18-11-7-4-8-12-18/h3-12,16H,13-15H2,1-2H3. The van der Waals surface area contributed by atoms with Crippen LogP contribution in [0.25, 0.3) is 11.5 Å². The van der Waals surface area contributed by atoms with Gasteiger partial charge in [0.25, 0.3) is 0 Å². The lowest BCUT2D eigenvalue weighted by Crippen LogP contribution is -2.36. The van der Waals surface area contributed by atoms with Gasteiger partial charge in [0.15, 0.2) is 0 Å². The zero-order valence-electron chi connectivity index (χ0n) is 15.1. The summed E-state index contributed by atoms with van der Waals surface area (Å²) in [5.74, 6) is 1.06. The normalized spacial score (nSPS) is 10.9. The van der Waals surface area contributed by atoms with Crippen LogP contribution >= 0.6 is 0 Å². The van der Waals surface area contributed by atoms with Crippen LogP contribution in [0.4, 0.5) is 0 Å². The summed E-state index contributed by atoms with van der Waals surface area (Å²) in [5.41, 5.74) is 2.00. The highest BCUT2D eigenvalue weighted by Gasteiger charge is 2.18. The van der Waals surface area contributed by atoms with Crippen LogP contribution in [0, 0.1) is 0 Å². The van der Waals surface area contributed by atoms with E-state index in [0.29, 0.717) is 31.2 Å². The van der Waals surface area contributed by atoms with Crippen LogP contribution in [0.5, 0.6) is 0 Å². The molecule has 0 N–H and O–H groups in total. The van der Waals surface area contributed by atoms with E-state index in [1.165, 1.54) is 0 Å². The monoisotopic (exact) mass is 349 g/mol. The number of nitrogens with zero attached hydrogens (tertiary/aromatic N) is 3. The highest BCUT2D eigenvalue weighted by atomic mass is 16.4. The molecule has 0 atom stereocenters. The van der Waals surface area contributed by atoms with E-state index in [0.717, 1.165) is 11.1 Å². The van der Waals surface area contributed by atoms with Crippen LogP contribution < -0.4 is 0 Å². The fraction of sp³-hybridized carbons (Fsp3) is 0.286. The van der Waals surface area contributed by atoms with Gasteiger partial charge in [-0.3, -0.25) is 4.79 Å². The minimum absolute atomic E-state index is 0.0864. The fourth-order valence-corrected chi connectivity index (χ4v) is 2.75. The Morgan fingerprint density at radius 3 is 2.31 bits per heavy atom. The maximum atomic E-state index is 12.7. The van der Waals surface area contributed by atoms with E-state index in [4.69, 9.17) is 4.42 Å². The number of rotatable bonds is 7. The van der Waals surface area contributed by atoms with Gasteiger partial charge in [-0.2, -0.15) is 0 Å². The Bertz CT molecular complexity index is 829. The predicted octanol–water partition coefficient (Wildman–Crippen LogP) is 4.11. The van der Waals surface area contributed by atoms with Gasteiger partial charge in [0.05, 0.1) is 0 Å². The van der Waals surface area contributed by atoms with E-state index in [9.17, 15) is 4.79 Å². The summed E-state index contributed by atoms with van der Waals surface area (Å²) in [7, 11) is 0. The van der Waals surface area contributed by atoms with Crippen molar-refractivity contribution in [2.75, 3.05) is 0 Å². The van der Waals surface area contributed by atoms with Gasteiger partial charge < -0.3 is 9.32 Å². The van der Waals surface area contributed by atoms with Crippen molar-refractivity contribution in [3.8, 4) is 11.5 Å². The van der Waals surface area contributed by atoms with Crippen molar-refractivity contribution in [1.82, 2.24) is 15.1 Å². The van der Waals surface area contributed by atoms with E-state index in [-0.39, 0.29) is 11.9 Å². The topological polar surface area (TPSA) is 59.2 Å². The smallest absolute Gasteiger partial charge is 0.247 e. The Labute approximate surface area is 153 Å². The maximum absolute atomic E-state index is 12.7. The summed E-state index contributed by atoms with van der Waals surface area (Å²) in [4.78, 5) is 14.6. The zero-order chi connectivity index (χ0) is 18.4. The number of aryl methyl sites for hydroxylation is 1. The van der Waals surface area contributed by atoms with E-state index in [1.54, 1.807) is 0 Å². The number of hydrogen-bond acceptors (Lipinski definition) is 4. The molecule has 0 aliphatic rings. The van der Waals surface area contributed by atoms with Crippen LogP contribution in [0.1, 0.15) is 31.7 Å². The molecular weight excluding hydrogens is 326 g/mol. The van der Waals surface area contributed by atoms with Crippen molar-refractivity contribution in [3.05, 3.63) is 72.1 Å². The zero-order valence-corrected chi connectivity index (χ0v) is 15.1. The first kappa shape index (κ1) is 17.9. The minimum atomic E-state index is 0.0864. The molecule has 1 amide bonds. The number of benzene rings is 2. The van der Waals surface area contributed by atoms with Crippen LogP contribution in [0.15, 0.2) is 65.1 Å². The molecule has 1 heterocycles. The summed E-state index contributed by atoms with van der Waals surface area (Å²) < 4.78 is 5.69. The fourth-order valence-electron chi connectivity index (χ4n) is 2.75. The third kappa shape index (κ3) is 4.57. The Kier molecular flexibility index (Phi) is 5.79. The largest absolute Gasteiger partial charge is 0.421 e. The van der Waals surface area contributed by atoms with Gasteiger partial charge in [-0.25, -0.2) is 0 Å². The van der Waals surface area contributed by atoms with Gasteiger partial charge >= 0.3 is 0 Å². The Hall–Kier alpha value is -2.95. The van der Waals surface area contributed by atoms with Crippen molar-refractivity contribution >= 4 is 5.91 Å². The van der Waals surface area contributed by atoms with E-state index in [1.807, 2.05) is 79.4 Å². The van der Waals surface area contributed by atoms with Crippen LogP contribution in [0.3, 0.4) is 0 Å². The summed E-state index contributed by atoms with van der Waals surface area (Å²) in [6.07, 6.45) is 0.790. The quantitative estimate of drug-likeness (QED) is 0.644. The minimum Gasteiger partial charge on any atom is -0.421 e. The predicted molar refractivity (Wildman–Crippen MR) is 100 cm³/mol. The van der Waals surface area contributed by atoms with E-state index in [2.05, 4.69) is 10.2 Å². The number of amides is 1. The van der Waals surface area contributed by atoms with Gasteiger partial charge in [-0.1, -0.05) is 48.5 Å². The number of carbonyl (C=O) groups is 1. The molecule has 5 heteroatoms. The summed E-state index contributed by atoms with van der Waals surface area (Å²) in [5, 5.41) is 8.14. The van der Waals surface area contributed by atoms with Crippen LogP contribution in [0.2, 0.25) is 0 Å². The van der Waals surface area contributed by atoms with Gasteiger partial charge in [-0.15, -0.1) is 10.2 Å². The van der Waals surface area contributed by atoms with Gasteiger partial charge in [0.1, 0.15) is 0 Å². The molecule has 0 saturated carbocycles. The molecule has 26 heavy (non-hydrogen) atoms. The molecule has 0 aliphatic heterocycles. The van der Waals surface area contributed by atoms with Gasteiger partial charge in [-0.05, 0) is 31.5 Å². The molecular formula is C21H23N3O2. The molecule has 2 aromatic carbocycles. The summed E-state index contributed by atoms with van der Waals surface area (Å²) in [6.45, 7) is 4.67. The number of aromatic nitrogens is 2. The lowest BCUT2D eigenvalue weighted by Gasteiger charge is -2.27. The molecule has 3 aromatic rings. The summed E-state index contributed by atoms with van der Waals surface area (Å²) >= 11 is 0. The average Bonchev–Trinajstić information content (AvgIpc) is 3.14. The van der Waals surface area contributed by atoms with Crippen LogP contribution in [-0.2, 0) is 17.8 Å². The molecule has 0 spiro atoms. The second-order valence-electron chi connectivity index (χ2n) is 6.47. The molecule has 3 rings (SSSR count). The first-order chi connectivity index (χ1) is 12.6. The second-order valence-corrected chi connectivity index (χ2v) is 6.47. The molecule has 0 unspecified atom stereocenters. The first-order valence-corrected chi connectivity index (χ1v) is 8.84. The van der Waals surface area contributed by atoms with E-state index >= 15 is 0 Å². The number of carbonyl (C=O) groups excluding carboxylic acids is 1. The highest BCUT2D eigenvalue weighted by Crippen LogP contribution is 2.18. The molecule has 5 nitrogen and oxygen atoms in total. The van der Waals surface area contributed by atoms with Crippen molar-refractivity contribution in [3.63, 3.8) is 0 Å². The van der Waals surface area contributed by atoms with Crippen molar-refractivity contribution in [1.29, 1.82) is 0 Å². The lowest BCUT2D eigenvalue weighted by molar-refractivity contribution is -0.133.